The van der Waals surface area contributed by atoms with E-state index in [-0.39, 0.29) is 5.69 Å². The van der Waals surface area contributed by atoms with Crippen LogP contribution in [0.4, 0.5) is 5.69 Å². The number of hydrogen-bond donors (Lipinski definition) is 0. The summed E-state index contributed by atoms with van der Waals surface area (Å²) in [5.41, 5.74) is 2.02. The van der Waals surface area contributed by atoms with Gasteiger partial charge in [0.25, 0.3) is 5.69 Å². The van der Waals surface area contributed by atoms with Crippen molar-refractivity contribution in [3.8, 4) is 11.4 Å². The Balaban J connectivity index is 1.66. The summed E-state index contributed by atoms with van der Waals surface area (Å²) >= 11 is 1.58. The van der Waals surface area contributed by atoms with Crippen molar-refractivity contribution in [3.63, 3.8) is 0 Å². The van der Waals surface area contributed by atoms with E-state index in [0.717, 1.165) is 22.0 Å². The maximum Gasteiger partial charge on any atom is 0.269 e. The zero-order chi connectivity index (χ0) is 17.6. The first-order valence-corrected chi connectivity index (χ1v) is 8.62. The largest absolute Gasteiger partial charge is 0.305 e. The van der Waals surface area contributed by atoms with Crippen molar-refractivity contribution in [1.29, 1.82) is 0 Å². The average Bonchev–Trinajstić information content (AvgIpc) is 3.00. The van der Waals surface area contributed by atoms with Crippen molar-refractivity contribution in [2.45, 2.75) is 5.16 Å². The summed E-state index contributed by atoms with van der Waals surface area (Å²) in [5, 5.41) is 19.9. The highest BCUT2D eigenvalue weighted by Crippen LogP contribution is 2.24. The maximum absolute atomic E-state index is 10.7. The van der Waals surface area contributed by atoms with E-state index in [1.807, 2.05) is 29.8 Å². The van der Waals surface area contributed by atoms with Crippen LogP contribution in [-0.2, 0) is 7.05 Å². The van der Waals surface area contributed by atoms with Crippen LogP contribution in [-0.4, -0.2) is 25.4 Å². The van der Waals surface area contributed by atoms with Gasteiger partial charge in [-0.05, 0) is 17.7 Å². The average molecular weight is 352 g/mol. The molecule has 0 atom stereocenters. The second-order valence-corrected chi connectivity index (χ2v) is 6.28. The zero-order valence-electron chi connectivity index (χ0n) is 13.6. The molecule has 3 rings (SSSR count). The molecule has 0 bridgehead atoms. The van der Waals surface area contributed by atoms with Crippen LogP contribution >= 0.6 is 11.8 Å². The molecule has 0 saturated carbocycles. The van der Waals surface area contributed by atoms with E-state index in [0.29, 0.717) is 5.82 Å². The molecule has 0 saturated heterocycles. The summed E-state index contributed by atoms with van der Waals surface area (Å²) in [7, 11) is 1.89. The number of rotatable bonds is 6. The fourth-order valence-corrected chi connectivity index (χ4v) is 3.02. The molecule has 0 aliphatic heterocycles. The number of non-ortho nitro benzene ring substituents is 1. The van der Waals surface area contributed by atoms with Crippen LogP contribution < -0.4 is 0 Å². The van der Waals surface area contributed by atoms with Gasteiger partial charge in [-0.1, -0.05) is 54.2 Å². The minimum atomic E-state index is -0.416. The normalized spacial score (nSPS) is 11.1. The summed E-state index contributed by atoms with van der Waals surface area (Å²) in [4.78, 5) is 10.3. The van der Waals surface area contributed by atoms with Gasteiger partial charge >= 0.3 is 0 Å². The molecule has 0 fully saturated rings. The van der Waals surface area contributed by atoms with Gasteiger partial charge in [0.2, 0.25) is 0 Å². The molecular formula is C18H16N4O2S. The van der Waals surface area contributed by atoms with Crippen LogP contribution in [0.5, 0.6) is 0 Å². The predicted molar refractivity (Wildman–Crippen MR) is 99.3 cm³/mol. The number of hydrogen-bond acceptors (Lipinski definition) is 5. The summed E-state index contributed by atoms with van der Waals surface area (Å²) in [6.45, 7) is 0. The molecule has 6 nitrogen and oxygen atoms in total. The summed E-state index contributed by atoms with van der Waals surface area (Å²) in [6, 6.07) is 16.4. The minimum Gasteiger partial charge on any atom is -0.305 e. The third-order valence-corrected chi connectivity index (χ3v) is 4.56. The molecule has 0 spiro atoms. The molecule has 1 heterocycles. The van der Waals surface area contributed by atoms with Gasteiger partial charge in [-0.25, -0.2) is 0 Å². The molecule has 0 aliphatic carbocycles. The van der Waals surface area contributed by atoms with Gasteiger partial charge in [0.1, 0.15) is 0 Å². The Morgan fingerprint density at radius 2 is 1.84 bits per heavy atom. The van der Waals surface area contributed by atoms with Gasteiger partial charge < -0.3 is 4.57 Å². The Kier molecular flexibility index (Phi) is 5.25. The van der Waals surface area contributed by atoms with E-state index < -0.39 is 4.92 Å². The Morgan fingerprint density at radius 1 is 1.12 bits per heavy atom. The van der Waals surface area contributed by atoms with Crippen molar-refractivity contribution in [2.75, 3.05) is 5.75 Å². The van der Waals surface area contributed by atoms with E-state index in [1.165, 1.54) is 12.1 Å². The SMILES string of the molecule is Cn1c(SC/C=C/c2ccccc2)nnc1-c1ccc([N+](=O)[O-])cc1. The zero-order valence-corrected chi connectivity index (χ0v) is 14.4. The van der Waals surface area contributed by atoms with Crippen LogP contribution in [0.3, 0.4) is 0 Å². The van der Waals surface area contributed by atoms with E-state index in [2.05, 4.69) is 34.5 Å². The van der Waals surface area contributed by atoms with Gasteiger partial charge in [-0.2, -0.15) is 0 Å². The number of aromatic nitrogens is 3. The first-order valence-electron chi connectivity index (χ1n) is 7.64. The number of nitro groups is 1. The third kappa shape index (κ3) is 4.13. The Hall–Kier alpha value is -2.93. The second-order valence-electron chi connectivity index (χ2n) is 5.29. The first-order chi connectivity index (χ1) is 12.1. The van der Waals surface area contributed by atoms with Crippen molar-refractivity contribution < 1.29 is 4.92 Å². The Bertz CT molecular complexity index is 889. The lowest BCUT2D eigenvalue weighted by molar-refractivity contribution is -0.384. The van der Waals surface area contributed by atoms with Crippen LogP contribution in [0, 0.1) is 10.1 Å². The highest BCUT2D eigenvalue weighted by Gasteiger charge is 2.12. The topological polar surface area (TPSA) is 73.8 Å². The molecule has 0 radical (unpaired) electrons. The van der Waals surface area contributed by atoms with Crippen LogP contribution in [0.1, 0.15) is 5.56 Å². The smallest absolute Gasteiger partial charge is 0.269 e. The molecule has 0 aliphatic rings. The van der Waals surface area contributed by atoms with Crippen LogP contribution in [0.15, 0.2) is 65.8 Å². The fraction of sp³-hybridized carbons (Fsp3) is 0.111. The summed E-state index contributed by atoms with van der Waals surface area (Å²) in [6.07, 6.45) is 4.15. The predicted octanol–water partition coefficient (Wildman–Crippen LogP) is 4.20. The lowest BCUT2D eigenvalue weighted by atomic mass is 10.2. The van der Waals surface area contributed by atoms with Crippen molar-refractivity contribution >= 4 is 23.5 Å². The van der Waals surface area contributed by atoms with Crippen molar-refractivity contribution in [2.24, 2.45) is 7.05 Å². The van der Waals surface area contributed by atoms with Gasteiger partial charge in [0.15, 0.2) is 11.0 Å². The number of benzene rings is 2. The molecular weight excluding hydrogens is 336 g/mol. The van der Waals surface area contributed by atoms with Gasteiger partial charge in [-0.3, -0.25) is 10.1 Å². The maximum atomic E-state index is 10.7. The lowest BCUT2D eigenvalue weighted by Gasteiger charge is -2.02. The number of nitrogens with zero attached hydrogens (tertiary/aromatic N) is 4. The number of thioether (sulfide) groups is 1. The third-order valence-electron chi connectivity index (χ3n) is 3.59. The van der Waals surface area contributed by atoms with Crippen LogP contribution in [0.2, 0.25) is 0 Å². The monoisotopic (exact) mass is 352 g/mol. The molecule has 126 valence electrons. The standard InChI is InChI=1S/C18H16N4O2S/c1-21-17(15-9-11-16(12-10-15)22(23)24)19-20-18(21)25-13-5-8-14-6-3-2-4-7-14/h2-12H,13H2,1H3/b8-5+. The quantitative estimate of drug-likeness (QED) is 0.378. The van der Waals surface area contributed by atoms with E-state index in [4.69, 9.17) is 0 Å². The molecule has 25 heavy (non-hydrogen) atoms. The highest BCUT2D eigenvalue weighted by molar-refractivity contribution is 7.99. The van der Waals surface area contributed by atoms with Gasteiger partial charge in [0.05, 0.1) is 4.92 Å². The number of nitro benzene ring substituents is 1. The van der Waals surface area contributed by atoms with Crippen LogP contribution in [0.25, 0.3) is 17.5 Å². The van der Waals surface area contributed by atoms with Crippen molar-refractivity contribution in [3.05, 3.63) is 76.4 Å². The van der Waals surface area contributed by atoms with Gasteiger partial charge in [-0.15, -0.1) is 10.2 Å². The first kappa shape index (κ1) is 16.9. The molecule has 7 heteroatoms. The fourth-order valence-electron chi connectivity index (χ4n) is 2.30. The van der Waals surface area contributed by atoms with Crippen molar-refractivity contribution in [1.82, 2.24) is 14.8 Å². The van der Waals surface area contributed by atoms with E-state index in [1.54, 1.807) is 23.9 Å². The molecule has 0 N–H and O–H groups in total. The van der Waals surface area contributed by atoms with Gasteiger partial charge in [0, 0.05) is 30.5 Å². The minimum absolute atomic E-state index is 0.0616. The molecule has 0 amide bonds. The summed E-state index contributed by atoms with van der Waals surface area (Å²) < 4.78 is 1.89. The van der Waals surface area contributed by atoms with E-state index >= 15 is 0 Å². The Morgan fingerprint density at radius 3 is 2.52 bits per heavy atom. The second kappa shape index (κ2) is 7.76. The highest BCUT2D eigenvalue weighted by atomic mass is 32.2. The molecule has 1 aromatic heterocycles. The van der Waals surface area contributed by atoms with E-state index in [9.17, 15) is 10.1 Å². The summed E-state index contributed by atoms with van der Waals surface area (Å²) in [5.74, 6) is 1.46. The molecule has 3 aromatic rings. The molecule has 2 aromatic carbocycles. The molecule has 0 unspecified atom stereocenters. The Labute approximate surface area is 149 Å². The lowest BCUT2D eigenvalue weighted by Crippen LogP contribution is -1.95.